The van der Waals surface area contributed by atoms with Crippen LogP contribution in [0.5, 0.6) is 0 Å². The lowest BCUT2D eigenvalue weighted by molar-refractivity contribution is -0.384. The second-order valence-corrected chi connectivity index (χ2v) is 8.21. The first-order valence-corrected chi connectivity index (χ1v) is 10.8. The zero-order valence-electron chi connectivity index (χ0n) is 17.6. The molecule has 0 radical (unpaired) electrons. The molecule has 168 valence electrons. The van der Waals surface area contributed by atoms with Crippen molar-refractivity contribution >= 4 is 29.1 Å². The molecule has 4 rings (SSSR count). The van der Waals surface area contributed by atoms with E-state index in [0.717, 1.165) is 11.3 Å². The number of hydrogen-bond donors (Lipinski definition) is 0. The predicted molar refractivity (Wildman–Crippen MR) is 120 cm³/mol. The van der Waals surface area contributed by atoms with Crippen molar-refractivity contribution in [1.29, 1.82) is 0 Å². The fourth-order valence-corrected chi connectivity index (χ4v) is 4.64. The van der Waals surface area contributed by atoms with Gasteiger partial charge in [0.2, 0.25) is 0 Å². The van der Waals surface area contributed by atoms with Gasteiger partial charge in [0, 0.05) is 12.1 Å². The molecule has 0 aliphatic carbocycles. The Morgan fingerprint density at radius 2 is 1.91 bits per heavy atom. The number of esters is 1. The molecule has 10 heteroatoms. The summed E-state index contributed by atoms with van der Waals surface area (Å²) < 4.78 is 20.5. The first-order valence-electron chi connectivity index (χ1n) is 9.99. The Balaban J connectivity index is 1.90. The molecule has 33 heavy (non-hydrogen) atoms. The lowest BCUT2D eigenvalue weighted by atomic mass is 9.96. The van der Waals surface area contributed by atoms with Crippen LogP contribution in [0.25, 0.3) is 6.08 Å². The van der Waals surface area contributed by atoms with Crippen molar-refractivity contribution in [2.24, 2.45) is 4.99 Å². The van der Waals surface area contributed by atoms with Gasteiger partial charge in [0.05, 0.1) is 33.4 Å². The summed E-state index contributed by atoms with van der Waals surface area (Å²) >= 11 is 1.13. The van der Waals surface area contributed by atoms with Crippen LogP contribution in [0.3, 0.4) is 0 Å². The summed E-state index contributed by atoms with van der Waals surface area (Å²) in [6.07, 6.45) is 1.61. The summed E-state index contributed by atoms with van der Waals surface area (Å²) in [7, 11) is 0. The van der Waals surface area contributed by atoms with Crippen molar-refractivity contribution in [3.63, 3.8) is 0 Å². The largest absolute Gasteiger partial charge is 0.463 e. The maximum Gasteiger partial charge on any atom is 0.338 e. The number of nitro benzene ring substituents is 1. The van der Waals surface area contributed by atoms with Gasteiger partial charge in [0.1, 0.15) is 5.82 Å². The average Bonchev–Trinajstić information content (AvgIpc) is 3.08. The number of benzene rings is 2. The number of hydrogen-bond acceptors (Lipinski definition) is 7. The zero-order chi connectivity index (χ0) is 23.7. The minimum atomic E-state index is -0.833. The number of nitro groups is 1. The van der Waals surface area contributed by atoms with Gasteiger partial charge in [-0.2, -0.15) is 0 Å². The van der Waals surface area contributed by atoms with Crippen LogP contribution in [0.15, 0.2) is 69.6 Å². The molecule has 0 spiro atoms. The van der Waals surface area contributed by atoms with Crippen LogP contribution >= 0.6 is 11.3 Å². The van der Waals surface area contributed by atoms with Gasteiger partial charge in [-0.05, 0) is 55.3 Å². The van der Waals surface area contributed by atoms with E-state index in [1.54, 1.807) is 32.1 Å². The highest BCUT2D eigenvalue weighted by molar-refractivity contribution is 7.07. The van der Waals surface area contributed by atoms with Gasteiger partial charge >= 0.3 is 5.97 Å². The van der Waals surface area contributed by atoms with Crippen LogP contribution in [0.1, 0.15) is 31.0 Å². The van der Waals surface area contributed by atoms with Crippen LogP contribution in [0.2, 0.25) is 0 Å². The number of nitrogens with zero attached hydrogens (tertiary/aromatic N) is 3. The number of carbonyl (C=O) groups excluding carboxylic acids is 1. The molecule has 3 aromatic rings. The third kappa shape index (κ3) is 4.24. The quantitative estimate of drug-likeness (QED) is 0.326. The maximum atomic E-state index is 13.6. The molecule has 0 N–H and O–H groups in total. The van der Waals surface area contributed by atoms with Gasteiger partial charge in [-0.1, -0.05) is 23.5 Å². The number of thiazole rings is 1. The molecule has 0 saturated heterocycles. The standard InChI is InChI=1S/C23H18FN3O5S/c1-3-32-22(29)19-13(2)25-23-26(20(19)15-6-8-16(24)9-7-15)21(28)18(33-23)12-14-4-10-17(11-5-14)27(30)31/h4-12,20H,3H2,1-2H3/b18-12-/t20-/m1/s1. The highest BCUT2D eigenvalue weighted by atomic mass is 32.1. The first kappa shape index (κ1) is 22.3. The Hall–Kier alpha value is -3.92. The van der Waals surface area contributed by atoms with Crippen molar-refractivity contribution in [2.45, 2.75) is 19.9 Å². The van der Waals surface area contributed by atoms with E-state index in [2.05, 4.69) is 4.99 Å². The van der Waals surface area contributed by atoms with E-state index >= 15 is 0 Å². The van der Waals surface area contributed by atoms with Gasteiger partial charge < -0.3 is 4.74 Å². The van der Waals surface area contributed by atoms with E-state index in [0.29, 0.717) is 26.2 Å². The highest BCUT2D eigenvalue weighted by Gasteiger charge is 2.33. The molecular formula is C23H18FN3O5S. The Morgan fingerprint density at radius 1 is 1.24 bits per heavy atom. The number of allylic oxidation sites excluding steroid dienone is 1. The van der Waals surface area contributed by atoms with Gasteiger partial charge in [-0.15, -0.1) is 0 Å². The number of non-ortho nitro benzene ring substituents is 1. The zero-order valence-corrected chi connectivity index (χ0v) is 18.5. The Labute approximate surface area is 190 Å². The molecule has 0 fully saturated rings. The van der Waals surface area contributed by atoms with Crippen molar-refractivity contribution in [3.05, 3.63) is 107 Å². The monoisotopic (exact) mass is 467 g/mol. The molecule has 0 unspecified atom stereocenters. The van der Waals surface area contributed by atoms with Crippen molar-refractivity contribution in [1.82, 2.24) is 4.57 Å². The number of aromatic nitrogens is 1. The lowest BCUT2D eigenvalue weighted by Gasteiger charge is -2.24. The molecule has 0 saturated carbocycles. The molecule has 1 aliphatic heterocycles. The number of fused-ring (bicyclic) bond motifs is 1. The molecule has 2 aromatic carbocycles. The van der Waals surface area contributed by atoms with E-state index in [1.807, 2.05) is 0 Å². The van der Waals surface area contributed by atoms with Crippen molar-refractivity contribution < 1.29 is 18.8 Å². The summed E-state index contributed by atoms with van der Waals surface area (Å²) in [5.41, 5.74) is 1.31. The topological polar surface area (TPSA) is 104 Å². The first-order chi connectivity index (χ1) is 15.8. The third-order valence-electron chi connectivity index (χ3n) is 5.10. The molecule has 8 nitrogen and oxygen atoms in total. The lowest BCUT2D eigenvalue weighted by Crippen LogP contribution is -2.39. The minimum absolute atomic E-state index is 0.0559. The number of ether oxygens (including phenoxy) is 1. The number of rotatable bonds is 5. The summed E-state index contributed by atoms with van der Waals surface area (Å²) in [6, 6.07) is 10.5. The summed E-state index contributed by atoms with van der Waals surface area (Å²) in [5, 5.41) is 10.9. The van der Waals surface area contributed by atoms with Crippen LogP contribution in [0.4, 0.5) is 10.1 Å². The Bertz CT molecular complexity index is 1450. The van der Waals surface area contributed by atoms with Gasteiger partial charge in [0.15, 0.2) is 4.80 Å². The SMILES string of the molecule is CCOC(=O)C1=C(C)N=c2s/c(=C\c3ccc([N+](=O)[O-])cc3)c(=O)n2[C@@H]1c1ccc(F)cc1. The van der Waals surface area contributed by atoms with Crippen LogP contribution < -0.4 is 14.9 Å². The van der Waals surface area contributed by atoms with E-state index in [1.165, 1.54) is 41.0 Å². The highest BCUT2D eigenvalue weighted by Crippen LogP contribution is 2.30. The molecule has 0 amide bonds. The van der Waals surface area contributed by atoms with E-state index in [9.17, 15) is 24.1 Å². The second kappa shape index (κ2) is 8.91. The number of halogens is 1. The Kier molecular flexibility index (Phi) is 6.01. The normalized spacial score (nSPS) is 15.7. The predicted octanol–water partition coefficient (Wildman–Crippen LogP) is 2.85. The van der Waals surface area contributed by atoms with E-state index in [4.69, 9.17) is 4.74 Å². The smallest absolute Gasteiger partial charge is 0.338 e. The molecule has 1 aliphatic rings. The second-order valence-electron chi connectivity index (χ2n) is 7.20. The molecular weight excluding hydrogens is 449 g/mol. The summed E-state index contributed by atoms with van der Waals surface area (Å²) in [4.78, 5) is 41.4. The average molecular weight is 467 g/mol. The summed E-state index contributed by atoms with van der Waals surface area (Å²) in [6.45, 7) is 3.49. The van der Waals surface area contributed by atoms with Gasteiger partial charge in [-0.25, -0.2) is 14.2 Å². The van der Waals surface area contributed by atoms with Crippen LogP contribution in [0, 0.1) is 15.9 Å². The number of carbonyl (C=O) groups is 1. The van der Waals surface area contributed by atoms with Gasteiger partial charge in [0.25, 0.3) is 11.2 Å². The fourth-order valence-electron chi connectivity index (χ4n) is 3.60. The van der Waals surface area contributed by atoms with Crippen molar-refractivity contribution in [2.75, 3.05) is 6.61 Å². The fraction of sp³-hybridized carbons (Fsp3) is 0.174. The van der Waals surface area contributed by atoms with Crippen LogP contribution in [-0.4, -0.2) is 22.1 Å². The summed E-state index contributed by atoms with van der Waals surface area (Å²) in [5.74, 6) is -1.04. The maximum absolute atomic E-state index is 13.6. The Morgan fingerprint density at radius 3 is 2.52 bits per heavy atom. The van der Waals surface area contributed by atoms with Gasteiger partial charge in [-0.3, -0.25) is 19.5 Å². The van der Waals surface area contributed by atoms with E-state index < -0.39 is 22.8 Å². The molecule has 1 aromatic heterocycles. The molecule has 1 atom stereocenters. The minimum Gasteiger partial charge on any atom is -0.463 e. The molecule has 0 bridgehead atoms. The molecule has 2 heterocycles. The van der Waals surface area contributed by atoms with Crippen LogP contribution in [-0.2, 0) is 9.53 Å². The van der Waals surface area contributed by atoms with Crippen molar-refractivity contribution in [3.8, 4) is 0 Å². The van der Waals surface area contributed by atoms with E-state index in [-0.39, 0.29) is 23.4 Å². The third-order valence-corrected chi connectivity index (χ3v) is 6.09.